The van der Waals surface area contributed by atoms with E-state index in [4.69, 9.17) is 0 Å². The molecule has 0 spiro atoms. The Balaban J connectivity index is 4.38. The maximum atomic E-state index is 11.6. The standard InChI is InChI=1S/C11H20O2/c1-7(2)6-10(13)11(8(3)4)9(5)12/h7-8,11H,6H2,1-5H3/t11-/m1/s1. The summed E-state index contributed by atoms with van der Waals surface area (Å²) < 4.78 is 0. The molecule has 0 aromatic heterocycles. The van der Waals surface area contributed by atoms with Crippen molar-refractivity contribution in [2.45, 2.75) is 41.0 Å². The summed E-state index contributed by atoms with van der Waals surface area (Å²) in [5.74, 6) is 0.178. The maximum absolute atomic E-state index is 11.6. The number of hydrogen-bond donors (Lipinski definition) is 0. The Morgan fingerprint density at radius 1 is 1.08 bits per heavy atom. The van der Waals surface area contributed by atoms with Crippen molar-refractivity contribution < 1.29 is 9.59 Å². The Labute approximate surface area is 80.7 Å². The van der Waals surface area contributed by atoms with Crippen LogP contribution in [0.2, 0.25) is 0 Å². The van der Waals surface area contributed by atoms with E-state index in [1.807, 2.05) is 27.7 Å². The van der Waals surface area contributed by atoms with E-state index in [1.165, 1.54) is 6.92 Å². The van der Waals surface area contributed by atoms with E-state index < -0.39 is 0 Å². The monoisotopic (exact) mass is 184 g/mol. The summed E-state index contributed by atoms with van der Waals surface area (Å²) in [6, 6.07) is 0. The Hall–Kier alpha value is -0.660. The van der Waals surface area contributed by atoms with Gasteiger partial charge in [0, 0.05) is 6.42 Å². The number of carbonyl (C=O) groups is 2. The van der Waals surface area contributed by atoms with Gasteiger partial charge in [-0.05, 0) is 18.8 Å². The van der Waals surface area contributed by atoms with Gasteiger partial charge in [0.05, 0.1) is 5.92 Å². The molecular weight excluding hydrogens is 164 g/mol. The van der Waals surface area contributed by atoms with E-state index in [9.17, 15) is 9.59 Å². The number of hydrogen-bond acceptors (Lipinski definition) is 2. The number of ketones is 2. The van der Waals surface area contributed by atoms with Crippen molar-refractivity contribution in [3.8, 4) is 0 Å². The second kappa shape index (κ2) is 5.15. The minimum absolute atomic E-state index is 0.000602. The largest absolute Gasteiger partial charge is 0.299 e. The first-order chi connectivity index (χ1) is 5.86. The van der Waals surface area contributed by atoms with Crippen molar-refractivity contribution in [1.29, 1.82) is 0 Å². The fraction of sp³-hybridized carbons (Fsp3) is 0.818. The van der Waals surface area contributed by atoms with Crippen LogP contribution in [0, 0.1) is 17.8 Å². The van der Waals surface area contributed by atoms with Crippen molar-refractivity contribution >= 4 is 11.6 Å². The van der Waals surface area contributed by atoms with Crippen LogP contribution in [0.3, 0.4) is 0 Å². The highest BCUT2D eigenvalue weighted by atomic mass is 16.1. The van der Waals surface area contributed by atoms with Gasteiger partial charge in [0.25, 0.3) is 0 Å². The van der Waals surface area contributed by atoms with Gasteiger partial charge in [0.1, 0.15) is 11.6 Å². The fourth-order valence-electron chi connectivity index (χ4n) is 1.60. The number of rotatable bonds is 5. The molecule has 0 saturated carbocycles. The van der Waals surface area contributed by atoms with Crippen molar-refractivity contribution in [2.75, 3.05) is 0 Å². The molecule has 0 aliphatic heterocycles. The minimum Gasteiger partial charge on any atom is -0.299 e. The molecule has 13 heavy (non-hydrogen) atoms. The maximum Gasteiger partial charge on any atom is 0.143 e. The van der Waals surface area contributed by atoms with Crippen molar-refractivity contribution in [3.63, 3.8) is 0 Å². The summed E-state index contributed by atoms with van der Waals surface area (Å²) in [5.41, 5.74) is 0. The molecule has 0 unspecified atom stereocenters. The van der Waals surface area contributed by atoms with Gasteiger partial charge in [-0.3, -0.25) is 9.59 Å². The molecule has 0 fully saturated rings. The lowest BCUT2D eigenvalue weighted by atomic mass is 9.85. The Bertz CT molecular complexity index is 192. The van der Waals surface area contributed by atoms with Crippen LogP contribution in [0.4, 0.5) is 0 Å². The van der Waals surface area contributed by atoms with Crippen molar-refractivity contribution in [1.82, 2.24) is 0 Å². The van der Waals surface area contributed by atoms with Crippen LogP contribution in [0.5, 0.6) is 0 Å². The van der Waals surface area contributed by atoms with Gasteiger partial charge in [-0.1, -0.05) is 27.7 Å². The second-order valence-electron chi connectivity index (χ2n) is 4.40. The topological polar surface area (TPSA) is 34.1 Å². The highest BCUT2D eigenvalue weighted by Gasteiger charge is 2.26. The summed E-state index contributed by atoms with van der Waals surface area (Å²) in [6.45, 7) is 9.34. The van der Waals surface area contributed by atoms with Gasteiger partial charge < -0.3 is 0 Å². The predicted octanol–water partition coefficient (Wildman–Crippen LogP) is 2.46. The Morgan fingerprint density at radius 2 is 1.54 bits per heavy atom. The van der Waals surface area contributed by atoms with Crippen LogP contribution in [0.15, 0.2) is 0 Å². The molecule has 0 radical (unpaired) electrons. The summed E-state index contributed by atoms with van der Waals surface area (Å²) >= 11 is 0. The zero-order chi connectivity index (χ0) is 10.6. The molecule has 0 saturated heterocycles. The molecule has 0 N–H and O–H groups in total. The van der Waals surface area contributed by atoms with Crippen LogP contribution in [0.25, 0.3) is 0 Å². The van der Waals surface area contributed by atoms with Gasteiger partial charge in [0.15, 0.2) is 0 Å². The van der Waals surface area contributed by atoms with Crippen molar-refractivity contribution in [3.05, 3.63) is 0 Å². The SMILES string of the molecule is CC(=O)[C@H](C(=O)CC(C)C)C(C)C. The fourth-order valence-corrected chi connectivity index (χ4v) is 1.60. The normalized spacial score (nSPS) is 13.5. The van der Waals surface area contributed by atoms with E-state index in [2.05, 4.69) is 0 Å². The molecule has 0 aromatic rings. The molecule has 0 heterocycles. The van der Waals surface area contributed by atoms with E-state index >= 15 is 0 Å². The molecule has 0 aliphatic carbocycles. The molecule has 0 aliphatic rings. The van der Waals surface area contributed by atoms with Gasteiger partial charge in [-0.15, -0.1) is 0 Å². The molecule has 0 aromatic carbocycles. The molecule has 2 heteroatoms. The Kier molecular flexibility index (Phi) is 4.89. The number of Topliss-reactive ketones (excluding diaryl/α,β-unsaturated/α-hetero) is 2. The van der Waals surface area contributed by atoms with E-state index in [0.29, 0.717) is 12.3 Å². The summed E-state index contributed by atoms with van der Waals surface area (Å²) in [7, 11) is 0. The van der Waals surface area contributed by atoms with Gasteiger partial charge in [-0.25, -0.2) is 0 Å². The number of carbonyl (C=O) groups excluding carboxylic acids is 2. The zero-order valence-electron chi connectivity index (χ0n) is 9.26. The highest BCUT2D eigenvalue weighted by molar-refractivity contribution is 6.01. The Morgan fingerprint density at radius 3 is 1.77 bits per heavy atom. The van der Waals surface area contributed by atoms with Crippen LogP contribution < -0.4 is 0 Å². The summed E-state index contributed by atoms with van der Waals surface area (Å²) in [4.78, 5) is 22.8. The lowest BCUT2D eigenvalue weighted by Crippen LogP contribution is -2.27. The molecule has 0 amide bonds. The van der Waals surface area contributed by atoms with Crippen LogP contribution in [0.1, 0.15) is 41.0 Å². The van der Waals surface area contributed by atoms with E-state index in [1.54, 1.807) is 0 Å². The molecule has 0 bridgehead atoms. The minimum atomic E-state index is -0.387. The lowest BCUT2D eigenvalue weighted by molar-refractivity contribution is -0.133. The first-order valence-electron chi connectivity index (χ1n) is 4.89. The summed E-state index contributed by atoms with van der Waals surface area (Å²) in [6.07, 6.45) is 0.516. The molecule has 0 rings (SSSR count). The molecule has 76 valence electrons. The quantitative estimate of drug-likeness (QED) is 0.615. The van der Waals surface area contributed by atoms with Gasteiger partial charge in [0.2, 0.25) is 0 Å². The van der Waals surface area contributed by atoms with Crippen molar-refractivity contribution in [2.24, 2.45) is 17.8 Å². The lowest BCUT2D eigenvalue weighted by Gasteiger charge is -2.17. The first kappa shape index (κ1) is 12.3. The van der Waals surface area contributed by atoms with Gasteiger partial charge in [-0.2, -0.15) is 0 Å². The average molecular weight is 184 g/mol. The zero-order valence-corrected chi connectivity index (χ0v) is 9.26. The third-order valence-electron chi connectivity index (χ3n) is 2.06. The van der Waals surface area contributed by atoms with Crippen LogP contribution in [-0.4, -0.2) is 11.6 Å². The predicted molar refractivity (Wildman–Crippen MR) is 53.5 cm³/mol. The molecule has 2 nitrogen and oxygen atoms in total. The first-order valence-corrected chi connectivity index (χ1v) is 4.89. The average Bonchev–Trinajstić information content (AvgIpc) is 1.81. The smallest absolute Gasteiger partial charge is 0.143 e. The highest BCUT2D eigenvalue weighted by Crippen LogP contribution is 2.17. The summed E-state index contributed by atoms with van der Waals surface area (Å²) in [5, 5.41) is 0. The van der Waals surface area contributed by atoms with Crippen LogP contribution in [-0.2, 0) is 9.59 Å². The third kappa shape index (κ3) is 4.20. The second-order valence-corrected chi connectivity index (χ2v) is 4.40. The molecule has 1 atom stereocenters. The van der Waals surface area contributed by atoms with E-state index in [0.717, 1.165) is 0 Å². The van der Waals surface area contributed by atoms with E-state index in [-0.39, 0.29) is 23.4 Å². The van der Waals surface area contributed by atoms with Gasteiger partial charge >= 0.3 is 0 Å². The molecular formula is C11H20O2. The van der Waals surface area contributed by atoms with Crippen LogP contribution >= 0.6 is 0 Å². The third-order valence-corrected chi connectivity index (χ3v) is 2.06.